The number of nitrogens with zero attached hydrogens (tertiary/aromatic N) is 2. The van der Waals surface area contributed by atoms with Crippen LogP contribution in [0.25, 0.3) is 11.0 Å². The summed E-state index contributed by atoms with van der Waals surface area (Å²) in [5, 5.41) is 3.57. The Kier molecular flexibility index (Phi) is 3.42. The summed E-state index contributed by atoms with van der Waals surface area (Å²) >= 11 is 0. The Morgan fingerprint density at radius 2 is 1.86 bits per heavy atom. The van der Waals surface area contributed by atoms with Crippen molar-refractivity contribution >= 4 is 16.7 Å². The van der Waals surface area contributed by atoms with Crippen molar-refractivity contribution in [1.82, 2.24) is 9.55 Å². The van der Waals surface area contributed by atoms with Crippen LogP contribution in [-0.4, -0.2) is 9.55 Å². The summed E-state index contributed by atoms with van der Waals surface area (Å²) in [6, 6.07) is 14.9. The third-order valence-electron chi connectivity index (χ3n) is 3.96. The predicted octanol–water partition coefficient (Wildman–Crippen LogP) is 4.36. The van der Waals surface area contributed by atoms with E-state index in [0.29, 0.717) is 0 Å². The number of nitrogens with one attached hydrogen (secondary N) is 1. The Labute approximate surface area is 125 Å². The van der Waals surface area contributed by atoms with Crippen molar-refractivity contribution in [3.8, 4) is 0 Å². The summed E-state index contributed by atoms with van der Waals surface area (Å²) in [4.78, 5) is 4.76. The van der Waals surface area contributed by atoms with Crippen molar-refractivity contribution in [1.29, 1.82) is 0 Å². The summed E-state index contributed by atoms with van der Waals surface area (Å²) in [6.45, 7) is 6.41. The van der Waals surface area contributed by atoms with Gasteiger partial charge in [-0.25, -0.2) is 4.98 Å². The molecule has 0 saturated heterocycles. The van der Waals surface area contributed by atoms with Crippen molar-refractivity contribution in [3.63, 3.8) is 0 Å². The van der Waals surface area contributed by atoms with Gasteiger partial charge in [-0.15, -0.1) is 0 Å². The van der Waals surface area contributed by atoms with E-state index in [9.17, 15) is 0 Å². The number of aromatic nitrogens is 2. The maximum atomic E-state index is 4.76. The van der Waals surface area contributed by atoms with Crippen molar-refractivity contribution < 1.29 is 0 Å². The summed E-state index contributed by atoms with van der Waals surface area (Å²) in [7, 11) is 2.07. The lowest BCUT2D eigenvalue weighted by Crippen LogP contribution is -2.12. The quantitative estimate of drug-likeness (QED) is 0.772. The van der Waals surface area contributed by atoms with Crippen LogP contribution >= 0.6 is 0 Å². The first-order valence-corrected chi connectivity index (χ1v) is 7.31. The number of rotatable bonds is 3. The van der Waals surface area contributed by atoms with E-state index < -0.39 is 0 Å². The van der Waals surface area contributed by atoms with E-state index in [2.05, 4.69) is 74.1 Å². The lowest BCUT2D eigenvalue weighted by atomic mass is 10.1. The smallest absolute Gasteiger partial charge is 0.131 e. The molecule has 0 fully saturated rings. The Morgan fingerprint density at radius 1 is 1.10 bits per heavy atom. The molecule has 0 aliphatic carbocycles. The van der Waals surface area contributed by atoms with E-state index in [4.69, 9.17) is 4.98 Å². The van der Waals surface area contributed by atoms with Crippen molar-refractivity contribution in [2.45, 2.75) is 26.8 Å². The van der Waals surface area contributed by atoms with Crippen LogP contribution in [0.2, 0.25) is 0 Å². The zero-order valence-corrected chi connectivity index (χ0v) is 13.0. The van der Waals surface area contributed by atoms with Gasteiger partial charge in [-0.3, -0.25) is 0 Å². The number of hydrogen-bond donors (Lipinski definition) is 1. The highest BCUT2D eigenvalue weighted by molar-refractivity contribution is 5.76. The molecule has 0 aliphatic rings. The molecule has 1 N–H and O–H groups in total. The number of aryl methyl sites for hydroxylation is 3. The molecule has 3 heteroatoms. The van der Waals surface area contributed by atoms with Gasteiger partial charge in [0.25, 0.3) is 0 Å². The fourth-order valence-electron chi connectivity index (χ4n) is 2.82. The zero-order chi connectivity index (χ0) is 15.0. The van der Waals surface area contributed by atoms with E-state index in [1.165, 1.54) is 22.3 Å². The van der Waals surface area contributed by atoms with Gasteiger partial charge in [-0.1, -0.05) is 29.8 Å². The van der Waals surface area contributed by atoms with Crippen LogP contribution in [0.3, 0.4) is 0 Å². The maximum absolute atomic E-state index is 4.76. The molecular weight excluding hydrogens is 258 g/mol. The van der Waals surface area contributed by atoms with Crippen molar-refractivity contribution in [2.24, 2.45) is 7.05 Å². The molecule has 3 aromatic rings. The van der Waals surface area contributed by atoms with Gasteiger partial charge in [-0.05, 0) is 44.5 Å². The molecule has 0 spiro atoms. The molecule has 1 heterocycles. The van der Waals surface area contributed by atoms with E-state index in [1.54, 1.807) is 0 Å². The molecular formula is C18H21N3. The third-order valence-corrected chi connectivity index (χ3v) is 3.96. The van der Waals surface area contributed by atoms with Crippen LogP contribution in [0.1, 0.15) is 29.9 Å². The highest BCUT2D eigenvalue weighted by Crippen LogP contribution is 2.24. The molecule has 1 unspecified atom stereocenters. The van der Waals surface area contributed by atoms with Gasteiger partial charge in [-0.2, -0.15) is 0 Å². The molecule has 1 atom stereocenters. The molecule has 21 heavy (non-hydrogen) atoms. The fourth-order valence-corrected chi connectivity index (χ4v) is 2.82. The minimum Gasteiger partial charge on any atom is -0.375 e. The van der Waals surface area contributed by atoms with Crippen LogP contribution in [0.4, 0.5) is 5.69 Å². The number of fused-ring (bicyclic) bond motifs is 1. The van der Waals surface area contributed by atoms with Crippen molar-refractivity contribution in [3.05, 3.63) is 59.4 Å². The first-order valence-electron chi connectivity index (χ1n) is 7.31. The van der Waals surface area contributed by atoms with Crippen LogP contribution in [-0.2, 0) is 7.05 Å². The summed E-state index contributed by atoms with van der Waals surface area (Å²) in [5.74, 6) is 1.05. The number of para-hydroxylation sites is 2. The van der Waals surface area contributed by atoms with Gasteiger partial charge in [0.1, 0.15) is 5.82 Å². The third kappa shape index (κ3) is 2.51. The Hall–Kier alpha value is -2.29. The topological polar surface area (TPSA) is 29.9 Å². The molecule has 1 aromatic heterocycles. The van der Waals surface area contributed by atoms with Crippen LogP contribution in [0, 0.1) is 13.8 Å². The lowest BCUT2D eigenvalue weighted by Gasteiger charge is -2.17. The maximum Gasteiger partial charge on any atom is 0.131 e. The molecule has 0 amide bonds. The number of hydrogen-bond acceptors (Lipinski definition) is 2. The zero-order valence-electron chi connectivity index (χ0n) is 13.0. The number of imidazole rings is 1. The normalized spacial score (nSPS) is 12.6. The molecule has 0 radical (unpaired) electrons. The highest BCUT2D eigenvalue weighted by Gasteiger charge is 2.14. The molecule has 0 saturated carbocycles. The fraction of sp³-hybridized carbons (Fsp3) is 0.278. The SMILES string of the molecule is Cc1ccc(NC(C)c2nc3ccccc3n2C)c(C)c1. The average Bonchev–Trinajstić information content (AvgIpc) is 2.80. The Bertz CT molecular complexity index is 786. The van der Waals surface area contributed by atoms with Gasteiger partial charge < -0.3 is 9.88 Å². The van der Waals surface area contributed by atoms with Gasteiger partial charge in [0.15, 0.2) is 0 Å². The first-order chi connectivity index (χ1) is 10.1. The minimum atomic E-state index is 0.156. The highest BCUT2D eigenvalue weighted by atomic mass is 15.1. The van der Waals surface area contributed by atoms with E-state index in [0.717, 1.165) is 11.3 Å². The Balaban J connectivity index is 1.93. The average molecular weight is 279 g/mol. The molecule has 3 nitrogen and oxygen atoms in total. The van der Waals surface area contributed by atoms with Gasteiger partial charge in [0.05, 0.1) is 17.1 Å². The number of benzene rings is 2. The minimum absolute atomic E-state index is 0.156. The second-order valence-corrected chi connectivity index (χ2v) is 5.70. The molecule has 2 aromatic carbocycles. The van der Waals surface area contributed by atoms with Gasteiger partial charge >= 0.3 is 0 Å². The molecule has 0 aliphatic heterocycles. The summed E-state index contributed by atoms with van der Waals surface area (Å²) in [5.41, 5.74) is 5.93. The van der Waals surface area contributed by atoms with Gasteiger partial charge in [0.2, 0.25) is 0 Å². The lowest BCUT2D eigenvalue weighted by molar-refractivity contribution is 0.733. The van der Waals surface area contributed by atoms with Gasteiger partial charge in [0, 0.05) is 12.7 Å². The van der Waals surface area contributed by atoms with Crippen LogP contribution in [0.5, 0.6) is 0 Å². The second kappa shape index (κ2) is 5.24. The molecule has 3 rings (SSSR count). The van der Waals surface area contributed by atoms with Crippen LogP contribution < -0.4 is 5.32 Å². The number of anilines is 1. The predicted molar refractivity (Wildman–Crippen MR) is 88.7 cm³/mol. The van der Waals surface area contributed by atoms with Crippen LogP contribution in [0.15, 0.2) is 42.5 Å². The molecule has 0 bridgehead atoms. The second-order valence-electron chi connectivity index (χ2n) is 5.70. The van der Waals surface area contributed by atoms with E-state index in [1.807, 2.05) is 6.07 Å². The molecule has 108 valence electrons. The Morgan fingerprint density at radius 3 is 2.57 bits per heavy atom. The largest absolute Gasteiger partial charge is 0.375 e. The van der Waals surface area contributed by atoms with E-state index in [-0.39, 0.29) is 6.04 Å². The summed E-state index contributed by atoms with van der Waals surface area (Å²) < 4.78 is 2.16. The summed E-state index contributed by atoms with van der Waals surface area (Å²) in [6.07, 6.45) is 0. The monoisotopic (exact) mass is 279 g/mol. The standard InChI is InChI=1S/C18H21N3/c1-12-9-10-15(13(2)11-12)19-14(3)18-20-16-7-5-6-8-17(16)21(18)4/h5-11,14,19H,1-4H3. The van der Waals surface area contributed by atoms with Crippen molar-refractivity contribution in [2.75, 3.05) is 5.32 Å². The van der Waals surface area contributed by atoms with E-state index >= 15 is 0 Å². The first kappa shape index (κ1) is 13.7.